The van der Waals surface area contributed by atoms with Gasteiger partial charge in [0.05, 0.1) is 20.2 Å². The van der Waals surface area contributed by atoms with Gasteiger partial charge in [-0.25, -0.2) is 0 Å². The zero-order valence-electron chi connectivity index (χ0n) is 16.2. The van der Waals surface area contributed by atoms with Crippen LogP contribution in [-0.2, 0) is 24.5 Å². The molecule has 1 aromatic heterocycles. The number of methoxy groups -OCH3 is 1. The number of nitrogens with zero attached hydrogens (tertiary/aromatic N) is 3. The van der Waals surface area contributed by atoms with Gasteiger partial charge in [0.15, 0.2) is 12.5 Å². The Balaban J connectivity index is 1.88. The lowest BCUT2D eigenvalue weighted by Gasteiger charge is -2.13. The fraction of sp³-hybridized carbons (Fsp3) is 0.333. The summed E-state index contributed by atoms with van der Waals surface area (Å²) in [5, 5.41) is 4.85. The number of rotatable bonds is 8. The summed E-state index contributed by atoms with van der Waals surface area (Å²) in [4.78, 5) is 1.32. The highest BCUT2D eigenvalue weighted by atomic mass is 32.1. The Bertz CT molecular complexity index is 933. The van der Waals surface area contributed by atoms with E-state index in [1.54, 1.807) is 7.11 Å². The number of aryl methyl sites for hydroxylation is 1. The maximum atomic E-state index is 5.74. The summed E-state index contributed by atoms with van der Waals surface area (Å²) >= 11 is 5.74. The highest BCUT2D eigenvalue weighted by Gasteiger charge is 2.15. The van der Waals surface area contributed by atoms with Crippen molar-refractivity contribution in [3.63, 3.8) is 0 Å². The quantitative estimate of drug-likeness (QED) is 0.608. The Labute approximate surface area is 165 Å². The van der Waals surface area contributed by atoms with Gasteiger partial charge in [-0.05, 0) is 25.2 Å². The third kappa shape index (κ3) is 4.91. The van der Waals surface area contributed by atoms with E-state index in [1.165, 1.54) is 16.0 Å². The van der Waals surface area contributed by atoms with Crippen LogP contribution in [0.1, 0.15) is 11.1 Å². The van der Waals surface area contributed by atoms with E-state index in [4.69, 9.17) is 22.1 Å². The highest BCUT2D eigenvalue weighted by Crippen LogP contribution is 2.19. The largest absolute Gasteiger partial charge is 0.383 e. The minimum absolute atomic E-state index is 0.603. The Morgan fingerprint density at radius 1 is 1.11 bits per heavy atom. The Morgan fingerprint density at radius 3 is 2.59 bits per heavy atom. The normalized spacial score (nSPS) is 12.3. The molecule has 0 amide bonds. The second-order valence-corrected chi connectivity index (χ2v) is 7.26. The Kier molecular flexibility index (Phi) is 6.55. The van der Waals surface area contributed by atoms with Crippen molar-refractivity contribution in [1.29, 1.82) is 0 Å². The lowest BCUT2D eigenvalue weighted by molar-refractivity contribution is -0.917. The van der Waals surface area contributed by atoms with Gasteiger partial charge >= 0.3 is 0 Å². The van der Waals surface area contributed by atoms with E-state index in [0.29, 0.717) is 19.8 Å². The number of nitrogens with one attached hydrogen (secondary N) is 1. The molecule has 27 heavy (non-hydrogen) atoms. The first-order valence-electron chi connectivity index (χ1n) is 9.17. The number of hydrogen-bond donors (Lipinski definition) is 1. The van der Waals surface area contributed by atoms with E-state index in [2.05, 4.69) is 67.1 Å². The van der Waals surface area contributed by atoms with Crippen molar-refractivity contribution < 1.29 is 9.64 Å². The third-order valence-corrected chi connectivity index (χ3v) is 4.92. The van der Waals surface area contributed by atoms with Gasteiger partial charge in [-0.2, -0.15) is 4.68 Å². The summed E-state index contributed by atoms with van der Waals surface area (Å²) in [5.41, 5.74) is 3.59. The molecule has 1 atom stereocenters. The van der Waals surface area contributed by atoms with Crippen LogP contribution in [-0.4, -0.2) is 35.1 Å². The lowest BCUT2D eigenvalue weighted by atomic mass is 10.1. The summed E-state index contributed by atoms with van der Waals surface area (Å²) in [7, 11) is 3.87. The molecule has 0 spiro atoms. The summed E-state index contributed by atoms with van der Waals surface area (Å²) in [5.74, 6) is 0.897. The van der Waals surface area contributed by atoms with Crippen molar-refractivity contribution in [2.24, 2.45) is 0 Å². The minimum atomic E-state index is 0.603. The van der Waals surface area contributed by atoms with Crippen LogP contribution in [0.4, 0.5) is 0 Å². The van der Waals surface area contributed by atoms with Crippen LogP contribution in [0.25, 0.3) is 11.4 Å². The molecule has 2 aromatic carbocycles. The van der Waals surface area contributed by atoms with Crippen molar-refractivity contribution in [1.82, 2.24) is 14.3 Å². The van der Waals surface area contributed by atoms with Crippen LogP contribution in [0.2, 0.25) is 0 Å². The second kappa shape index (κ2) is 9.08. The SMILES string of the molecule is COCCn1c(-c2cccc(C)c2)nn(C[NH+](C)Cc2ccccc2)c1=S. The molecule has 1 N–H and O–H groups in total. The van der Waals surface area contributed by atoms with E-state index in [-0.39, 0.29) is 0 Å². The predicted octanol–water partition coefficient (Wildman–Crippen LogP) is 2.71. The van der Waals surface area contributed by atoms with Crippen molar-refractivity contribution in [3.05, 3.63) is 70.5 Å². The highest BCUT2D eigenvalue weighted by molar-refractivity contribution is 7.71. The Morgan fingerprint density at radius 2 is 1.89 bits per heavy atom. The van der Waals surface area contributed by atoms with E-state index in [9.17, 15) is 0 Å². The molecule has 0 saturated carbocycles. The van der Waals surface area contributed by atoms with E-state index in [0.717, 1.165) is 22.7 Å². The number of benzene rings is 2. The van der Waals surface area contributed by atoms with E-state index in [1.807, 2.05) is 10.7 Å². The maximum Gasteiger partial charge on any atom is 0.203 e. The smallest absolute Gasteiger partial charge is 0.203 e. The molecule has 6 heteroatoms. The number of quaternary nitrogens is 1. The van der Waals surface area contributed by atoms with Crippen molar-refractivity contribution >= 4 is 12.2 Å². The first kappa shape index (κ1) is 19.5. The molecule has 0 bridgehead atoms. The molecule has 0 aliphatic rings. The molecular weight excluding hydrogens is 356 g/mol. The molecule has 0 saturated heterocycles. The number of aromatic nitrogens is 3. The van der Waals surface area contributed by atoms with Gasteiger partial charge in [0.2, 0.25) is 4.77 Å². The molecule has 142 valence electrons. The fourth-order valence-corrected chi connectivity index (χ4v) is 3.46. The summed E-state index contributed by atoms with van der Waals surface area (Å²) < 4.78 is 10.0. The van der Waals surface area contributed by atoms with Crippen LogP contribution in [0, 0.1) is 11.7 Å². The molecule has 3 rings (SSSR count). The molecule has 0 radical (unpaired) electrons. The van der Waals surface area contributed by atoms with Crippen LogP contribution in [0.15, 0.2) is 54.6 Å². The Hall–Kier alpha value is -2.28. The van der Waals surface area contributed by atoms with Crippen molar-refractivity contribution in [3.8, 4) is 11.4 Å². The number of hydrogen-bond acceptors (Lipinski definition) is 3. The molecular formula is C21H27N4OS+. The average Bonchev–Trinajstić information content (AvgIpc) is 2.96. The predicted molar refractivity (Wildman–Crippen MR) is 110 cm³/mol. The van der Waals surface area contributed by atoms with Crippen molar-refractivity contribution in [2.45, 2.75) is 26.7 Å². The first-order valence-corrected chi connectivity index (χ1v) is 9.58. The van der Waals surface area contributed by atoms with Gasteiger partial charge in [-0.1, -0.05) is 54.1 Å². The molecule has 1 unspecified atom stereocenters. The van der Waals surface area contributed by atoms with Gasteiger partial charge < -0.3 is 9.64 Å². The lowest BCUT2D eigenvalue weighted by Crippen LogP contribution is -3.07. The van der Waals surface area contributed by atoms with Gasteiger partial charge in [0.1, 0.15) is 6.54 Å². The summed E-state index contributed by atoms with van der Waals surface area (Å²) in [6.07, 6.45) is 0. The van der Waals surface area contributed by atoms with E-state index < -0.39 is 0 Å². The molecule has 0 aliphatic heterocycles. The maximum absolute atomic E-state index is 5.74. The van der Waals surface area contributed by atoms with Crippen LogP contribution in [0.3, 0.4) is 0 Å². The van der Waals surface area contributed by atoms with Crippen LogP contribution < -0.4 is 4.90 Å². The molecule has 5 nitrogen and oxygen atoms in total. The van der Waals surface area contributed by atoms with Crippen LogP contribution >= 0.6 is 12.2 Å². The standard InChI is InChI=1S/C21H26N4OS/c1-17-8-7-11-19(14-17)20-22-25(21(27)24(20)12-13-26-3)16-23(2)15-18-9-5-4-6-10-18/h4-11,14H,12-13,15-16H2,1-3H3/p+1. The number of ether oxygens (including phenoxy) is 1. The van der Waals surface area contributed by atoms with Gasteiger partial charge in [0, 0.05) is 18.2 Å². The van der Waals surface area contributed by atoms with Crippen molar-refractivity contribution in [2.75, 3.05) is 20.8 Å². The average molecular weight is 384 g/mol. The molecule has 0 aliphatic carbocycles. The van der Waals surface area contributed by atoms with Gasteiger partial charge in [-0.15, -0.1) is 5.10 Å². The summed E-state index contributed by atoms with van der Waals surface area (Å²) in [6, 6.07) is 18.9. The molecule has 0 fully saturated rings. The topological polar surface area (TPSA) is 36.4 Å². The van der Waals surface area contributed by atoms with Crippen LogP contribution in [0.5, 0.6) is 0 Å². The van der Waals surface area contributed by atoms with E-state index >= 15 is 0 Å². The molecule has 1 heterocycles. The monoisotopic (exact) mass is 383 g/mol. The zero-order chi connectivity index (χ0) is 19.2. The van der Waals surface area contributed by atoms with Gasteiger partial charge in [-0.3, -0.25) is 4.57 Å². The zero-order valence-corrected chi connectivity index (χ0v) is 17.0. The van der Waals surface area contributed by atoms with Gasteiger partial charge in [0.25, 0.3) is 0 Å². The first-order chi connectivity index (χ1) is 13.1. The fourth-order valence-electron chi connectivity index (χ4n) is 3.18. The third-order valence-electron chi connectivity index (χ3n) is 4.49. The minimum Gasteiger partial charge on any atom is -0.383 e. The summed E-state index contributed by atoms with van der Waals surface area (Å²) in [6.45, 7) is 5.02. The second-order valence-electron chi connectivity index (χ2n) is 6.90. The molecule has 3 aromatic rings.